The average molecular weight is 425 g/mol. The number of likely N-dealkylation sites (tertiary alicyclic amines) is 1. The van der Waals surface area contributed by atoms with Crippen molar-refractivity contribution in [3.63, 3.8) is 0 Å². The fourth-order valence-corrected chi connectivity index (χ4v) is 3.69. The molecule has 30 heavy (non-hydrogen) atoms. The van der Waals surface area contributed by atoms with E-state index in [2.05, 4.69) is 15.5 Å². The Kier molecular flexibility index (Phi) is 6.09. The van der Waals surface area contributed by atoms with Gasteiger partial charge in [0.2, 0.25) is 5.91 Å². The van der Waals surface area contributed by atoms with Crippen LogP contribution in [0.25, 0.3) is 11.3 Å². The molecule has 7 nitrogen and oxygen atoms in total. The zero-order valence-electron chi connectivity index (χ0n) is 16.3. The van der Waals surface area contributed by atoms with Crippen LogP contribution in [0.2, 0.25) is 5.02 Å². The van der Waals surface area contributed by atoms with E-state index in [-0.39, 0.29) is 23.4 Å². The lowest BCUT2D eigenvalue weighted by molar-refractivity contribution is -0.126. The first-order chi connectivity index (χ1) is 14.6. The largest absolute Gasteiger partial charge is 0.355 e. The van der Waals surface area contributed by atoms with Crippen molar-refractivity contribution in [1.29, 1.82) is 0 Å². The Morgan fingerprint density at radius 2 is 2.00 bits per heavy atom. The van der Waals surface area contributed by atoms with Crippen molar-refractivity contribution in [3.8, 4) is 11.3 Å². The van der Waals surface area contributed by atoms with E-state index in [0.717, 1.165) is 11.1 Å². The maximum Gasteiger partial charge on any atom is 0.276 e. The van der Waals surface area contributed by atoms with Gasteiger partial charge in [-0.15, -0.1) is 0 Å². The Hall–Kier alpha value is -3.19. The van der Waals surface area contributed by atoms with Crippen molar-refractivity contribution in [2.45, 2.75) is 19.4 Å². The molecule has 0 aliphatic carbocycles. The first-order valence-electron chi connectivity index (χ1n) is 9.79. The topological polar surface area (TPSA) is 88.3 Å². The zero-order valence-corrected chi connectivity index (χ0v) is 17.0. The van der Waals surface area contributed by atoms with Gasteiger partial charge in [-0.3, -0.25) is 14.6 Å². The third-order valence-corrected chi connectivity index (χ3v) is 5.42. The van der Waals surface area contributed by atoms with Crippen LogP contribution in [-0.4, -0.2) is 39.9 Å². The van der Waals surface area contributed by atoms with Crippen molar-refractivity contribution < 1.29 is 14.1 Å². The van der Waals surface area contributed by atoms with Gasteiger partial charge in [0.15, 0.2) is 11.5 Å². The highest BCUT2D eigenvalue weighted by atomic mass is 35.5. The molecule has 0 radical (unpaired) electrons. The predicted molar refractivity (Wildman–Crippen MR) is 112 cm³/mol. The Morgan fingerprint density at radius 1 is 1.17 bits per heavy atom. The van der Waals surface area contributed by atoms with E-state index in [1.165, 1.54) is 0 Å². The van der Waals surface area contributed by atoms with E-state index < -0.39 is 0 Å². The molecule has 1 aromatic carbocycles. The van der Waals surface area contributed by atoms with Crippen LogP contribution in [0, 0.1) is 5.92 Å². The summed E-state index contributed by atoms with van der Waals surface area (Å²) in [6.07, 6.45) is 4.66. The maximum atomic E-state index is 12.8. The highest BCUT2D eigenvalue weighted by Gasteiger charge is 2.29. The number of halogens is 1. The summed E-state index contributed by atoms with van der Waals surface area (Å²) < 4.78 is 5.33. The number of piperidine rings is 1. The molecule has 0 atom stereocenters. The van der Waals surface area contributed by atoms with Gasteiger partial charge in [-0.05, 0) is 36.6 Å². The van der Waals surface area contributed by atoms with Gasteiger partial charge in [-0.2, -0.15) is 0 Å². The summed E-state index contributed by atoms with van der Waals surface area (Å²) in [6, 6.07) is 12.6. The molecule has 1 aliphatic rings. The van der Waals surface area contributed by atoms with Crippen molar-refractivity contribution in [1.82, 2.24) is 20.4 Å². The van der Waals surface area contributed by atoms with E-state index in [1.807, 2.05) is 24.3 Å². The maximum absolute atomic E-state index is 12.8. The van der Waals surface area contributed by atoms with E-state index in [0.29, 0.717) is 43.3 Å². The molecule has 154 valence electrons. The Labute approximate surface area is 179 Å². The molecule has 8 heteroatoms. The molecule has 2 amide bonds. The van der Waals surface area contributed by atoms with Crippen LogP contribution in [0.15, 0.2) is 59.4 Å². The quantitative estimate of drug-likeness (QED) is 0.676. The number of hydrogen-bond acceptors (Lipinski definition) is 5. The number of rotatable bonds is 5. The molecule has 0 saturated carbocycles. The van der Waals surface area contributed by atoms with Gasteiger partial charge in [-0.1, -0.05) is 35.0 Å². The van der Waals surface area contributed by atoms with E-state index in [4.69, 9.17) is 16.1 Å². The normalized spacial score (nSPS) is 14.5. The first-order valence-corrected chi connectivity index (χ1v) is 10.2. The Bertz CT molecular complexity index is 1030. The highest BCUT2D eigenvalue weighted by Crippen LogP contribution is 2.25. The number of carbonyl (C=O) groups is 2. The van der Waals surface area contributed by atoms with Crippen LogP contribution < -0.4 is 5.32 Å². The van der Waals surface area contributed by atoms with Crippen LogP contribution in [0.4, 0.5) is 0 Å². The van der Waals surface area contributed by atoms with E-state index in [1.54, 1.807) is 35.5 Å². The third-order valence-electron chi connectivity index (χ3n) is 5.18. The van der Waals surface area contributed by atoms with Crippen molar-refractivity contribution in [2.24, 2.45) is 5.92 Å². The summed E-state index contributed by atoms with van der Waals surface area (Å²) in [5.41, 5.74) is 1.97. The molecule has 1 saturated heterocycles. The second-order valence-electron chi connectivity index (χ2n) is 7.23. The molecule has 0 bridgehead atoms. The zero-order chi connectivity index (χ0) is 20.9. The van der Waals surface area contributed by atoms with Gasteiger partial charge in [0.05, 0.1) is 0 Å². The highest BCUT2D eigenvalue weighted by molar-refractivity contribution is 6.30. The minimum atomic E-state index is -0.193. The number of pyridine rings is 1. The van der Waals surface area contributed by atoms with Crippen molar-refractivity contribution >= 4 is 23.4 Å². The number of aromatic nitrogens is 2. The molecule has 3 heterocycles. The molecule has 0 unspecified atom stereocenters. The summed E-state index contributed by atoms with van der Waals surface area (Å²) >= 11 is 6.01. The van der Waals surface area contributed by atoms with Crippen LogP contribution >= 0.6 is 11.6 Å². The summed E-state index contributed by atoms with van der Waals surface area (Å²) in [5, 5.41) is 7.45. The number of hydrogen-bond donors (Lipinski definition) is 1. The number of benzene rings is 1. The second kappa shape index (κ2) is 9.09. The minimum absolute atomic E-state index is 0.00984. The molecule has 4 rings (SSSR count). The minimum Gasteiger partial charge on any atom is -0.355 e. The lowest BCUT2D eigenvalue weighted by atomic mass is 9.95. The van der Waals surface area contributed by atoms with Gasteiger partial charge in [0.1, 0.15) is 0 Å². The number of amides is 2. The number of nitrogens with zero attached hydrogens (tertiary/aromatic N) is 3. The fraction of sp³-hybridized carbons (Fsp3) is 0.273. The van der Waals surface area contributed by atoms with Crippen molar-refractivity contribution in [2.75, 3.05) is 13.1 Å². The standard InChI is InChI=1S/C22H21ClN4O3/c23-18-5-1-4-17(11-18)20-12-19(26-30-20)22(29)27-9-6-16(7-10-27)21(28)25-14-15-3-2-8-24-13-15/h1-5,8,11-13,16H,6-7,9-10,14H2,(H,25,28). The fourth-order valence-electron chi connectivity index (χ4n) is 3.50. The van der Waals surface area contributed by atoms with Gasteiger partial charge < -0.3 is 14.7 Å². The lowest BCUT2D eigenvalue weighted by Gasteiger charge is -2.30. The third kappa shape index (κ3) is 4.68. The van der Waals surface area contributed by atoms with Gasteiger partial charge in [0, 0.05) is 54.6 Å². The lowest BCUT2D eigenvalue weighted by Crippen LogP contribution is -2.43. The van der Waals surface area contributed by atoms with Crippen LogP contribution in [0.5, 0.6) is 0 Å². The predicted octanol–water partition coefficient (Wildman–Crippen LogP) is 3.56. The molecule has 1 fully saturated rings. The summed E-state index contributed by atoms with van der Waals surface area (Å²) in [4.78, 5) is 31.0. The smallest absolute Gasteiger partial charge is 0.276 e. The Morgan fingerprint density at radius 3 is 2.73 bits per heavy atom. The van der Waals surface area contributed by atoms with Gasteiger partial charge in [-0.25, -0.2) is 0 Å². The number of nitrogens with one attached hydrogen (secondary N) is 1. The van der Waals surface area contributed by atoms with E-state index >= 15 is 0 Å². The van der Waals surface area contributed by atoms with Crippen LogP contribution in [0.3, 0.4) is 0 Å². The van der Waals surface area contributed by atoms with Gasteiger partial charge >= 0.3 is 0 Å². The summed E-state index contributed by atoms with van der Waals surface area (Å²) in [6.45, 7) is 1.46. The second-order valence-corrected chi connectivity index (χ2v) is 7.67. The summed E-state index contributed by atoms with van der Waals surface area (Å²) in [5.74, 6) is 0.201. The van der Waals surface area contributed by atoms with Crippen LogP contribution in [0.1, 0.15) is 28.9 Å². The average Bonchev–Trinajstić information content (AvgIpc) is 3.28. The molecule has 2 aromatic heterocycles. The summed E-state index contributed by atoms with van der Waals surface area (Å²) in [7, 11) is 0. The van der Waals surface area contributed by atoms with Crippen LogP contribution in [-0.2, 0) is 11.3 Å². The molecule has 1 N–H and O–H groups in total. The molecule has 1 aliphatic heterocycles. The first kappa shape index (κ1) is 20.1. The van der Waals surface area contributed by atoms with Gasteiger partial charge in [0.25, 0.3) is 5.91 Å². The molecule has 0 spiro atoms. The monoisotopic (exact) mass is 424 g/mol. The molecule has 3 aromatic rings. The van der Waals surface area contributed by atoms with E-state index in [9.17, 15) is 9.59 Å². The SMILES string of the molecule is O=C(NCc1cccnc1)C1CCN(C(=O)c2cc(-c3cccc(Cl)c3)on2)CC1. The van der Waals surface area contributed by atoms with Crippen molar-refractivity contribution in [3.05, 3.63) is 71.1 Å². The molecular formula is C22H21ClN4O3. The number of carbonyl (C=O) groups excluding carboxylic acids is 2. The molecular weight excluding hydrogens is 404 g/mol. The Balaban J connectivity index is 1.31.